The Morgan fingerprint density at radius 3 is 2.45 bits per heavy atom. The van der Waals surface area contributed by atoms with E-state index in [9.17, 15) is 14.0 Å². The summed E-state index contributed by atoms with van der Waals surface area (Å²) in [5.74, 6) is -0.813. The highest BCUT2D eigenvalue weighted by molar-refractivity contribution is 8.15. The summed E-state index contributed by atoms with van der Waals surface area (Å²) in [6, 6.07) is 15.3. The molecule has 4 nitrogen and oxygen atoms in total. The molecule has 22 heavy (non-hydrogen) atoms. The number of nitrogens with zero attached hydrogens (tertiary/aromatic N) is 1. The molecule has 6 heteroatoms. The topological polar surface area (TPSA) is 49.4 Å². The fourth-order valence-corrected chi connectivity index (χ4v) is 3.06. The molecule has 1 atom stereocenters. The number of para-hydroxylation sites is 1. The van der Waals surface area contributed by atoms with Crippen molar-refractivity contribution >= 4 is 28.6 Å². The second kappa shape index (κ2) is 6.19. The average Bonchev–Trinajstić information content (AvgIpc) is 2.78. The van der Waals surface area contributed by atoms with Gasteiger partial charge in [-0.3, -0.25) is 14.5 Å². The number of thioether (sulfide) groups is 1. The summed E-state index contributed by atoms with van der Waals surface area (Å²) in [5, 5.41) is 1.65. The zero-order valence-corrected chi connectivity index (χ0v) is 12.3. The lowest BCUT2D eigenvalue weighted by Crippen LogP contribution is -2.34. The van der Waals surface area contributed by atoms with Crippen LogP contribution in [0.25, 0.3) is 0 Å². The summed E-state index contributed by atoms with van der Waals surface area (Å²) in [6.45, 7) is 0.223. The minimum atomic E-state index is -0.798. The van der Waals surface area contributed by atoms with Gasteiger partial charge in [0.05, 0.1) is 12.2 Å². The molecule has 1 aliphatic rings. The van der Waals surface area contributed by atoms with E-state index in [0.717, 1.165) is 17.3 Å². The van der Waals surface area contributed by atoms with Crippen LogP contribution in [0.3, 0.4) is 0 Å². The number of amides is 2. The molecule has 2 aromatic rings. The maximum Gasteiger partial charge on any atom is 0.291 e. The predicted molar refractivity (Wildman–Crippen MR) is 83.8 cm³/mol. The van der Waals surface area contributed by atoms with Gasteiger partial charge in [-0.25, -0.2) is 4.39 Å². The van der Waals surface area contributed by atoms with Crippen LogP contribution in [0.5, 0.6) is 0 Å². The lowest BCUT2D eigenvalue weighted by Gasteiger charge is -2.15. The molecule has 1 aliphatic heterocycles. The van der Waals surface area contributed by atoms with Gasteiger partial charge in [-0.2, -0.15) is 0 Å². The Morgan fingerprint density at radius 2 is 1.73 bits per heavy atom. The summed E-state index contributed by atoms with van der Waals surface area (Å²) in [7, 11) is 0. The molecule has 0 aliphatic carbocycles. The Labute approximate surface area is 131 Å². The van der Waals surface area contributed by atoms with Crippen molar-refractivity contribution in [1.82, 2.24) is 4.90 Å². The maximum absolute atomic E-state index is 13.6. The first-order chi connectivity index (χ1) is 10.6. The van der Waals surface area contributed by atoms with E-state index in [0.29, 0.717) is 0 Å². The molecule has 2 amide bonds. The van der Waals surface area contributed by atoms with E-state index in [1.165, 1.54) is 17.0 Å². The third-order valence-corrected chi connectivity index (χ3v) is 4.25. The Hall–Kier alpha value is -2.34. The number of carbonyl (C=O) groups excluding carboxylic acids is 2. The first kappa shape index (κ1) is 14.6. The van der Waals surface area contributed by atoms with Crippen molar-refractivity contribution in [3.63, 3.8) is 0 Å². The maximum atomic E-state index is 13.6. The van der Waals surface area contributed by atoms with Crippen LogP contribution in [0.15, 0.2) is 54.6 Å². The van der Waals surface area contributed by atoms with E-state index in [1.54, 1.807) is 12.1 Å². The van der Waals surface area contributed by atoms with Crippen LogP contribution in [-0.4, -0.2) is 21.4 Å². The van der Waals surface area contributed by atoms with Gasteiger partial charge in [0, 0.05) is 0 Å². The van der Waals surface area contributed by atoms with Gasteiger partial charge < -0.3 is 5.32 Å². The van der Waals surface area contributed by atoms with Crippen molar-refractivity contribution in [3.8, 4) is 0 Å². The summed E-state index contributed by atoms with van der Waals surface area (Å²) < 4.78 is 13.6. The first-order valence-electron chi connectivity index (χ1n) is 6.72. The molecule has 3 rings (SSSR count). The monoisotopic (exact) mass is 316 g/mol. The highest BCUT2D eigenvalue weighted by Gasteiger charge is 2.39. The molecule has 0 saturated carbocycles. The lowest BCUT2D eigenvalue weighted by molar-refractivity contribution is -0.126. The first-order valence-corrected chi connectivity index (χ1v) is 7.60. The second-order valence-corrected chi connectivity index (χ2v) is 5.85. The predicted octanol–water partition coefficient (Wildman–Crippen LogP) is 3.46. The number of hydrogen-bond donors (Lipinski definition) is 1. The van der Waals surface area contributed by atoms with Crippen molar-refractivity contribution in [2.45, 2.75) is 11.9 Å². The second-order valence-electron chi connectivity index (χ2n) is 4.80. The Kier molecular flexibility index (Phi) is 4.11. The molecule has 1 heterocycles. The highest BCUT2D eigenvalue weighted by Crippen LogP contribution is 2.30. The zero-order chi connectivity index (χ0) is 15.5. The normalized spacial score (nSPS) is 17.9. The third-order valence-electron chi connectivity index (χ3n) is 3.27. The largest absolute Gasteiger partial charge is 0.363 e. The quantitative estimate of drug-likeness (QED) is 0.938. The van der Waals surface area contributed by atoms with Crippen molar-refractivity contribution in [3.05, 3.63) is 66.0 Å². The number of carbonyl (C=O) groups is 2. The molecule has 2 aromatic carbocycles. The number of rotatable bonds is 4. The van der Waals surface area contributed by atoms with E-state index in [4.69, 9.17) is 0 Å². The fourth-order valence-electron chi connectivity index (χ4n) is 2.17. The number of hydrogen-bond acceptors (Lipinski definition) is 4. The Bertz CT molecular complexity index is 708. The van der Waals surface area contributed by atoms with Gasteiger partial charge >= 0.3 is 0 Å². The van der Waals surface area contributed by atoms with Crippen LogP contribution in [0.2, 0.25) is 0 Å². The van der Waals surface area contributed by atoms with Gasteiger partial charge in [0.25, 0.3) is 11.1 Å². The van der Waals surface area contributed by atoms with Gasteiger partial charge in [0.2, 0.25) is 0 Å². The molecule has 0 spiro atoms. The molecule has 0 bridgehead atoms. The molecule has 112 valence electrons. The lowest BCUT2D eigenvalue weighted by atomic mass is 10.2. The number of imide groups is 1. The van der Waals surface area contributed by atoms with Gasteiger partial charge in [-0.1, -0.05) is 42.5 Å². The van der Waals surface area contributed by atoms with E-state index < -0.39 is 11.2 Å². The molecule has 1 unspecified atom stereocenters. The molecular weight excluding hydrogens is 303 g/mol. The fraction of sp³-hybridized carbons (Fsp3) is 0.125. The van der Waals surface area contributed by atoms with Crippen molar-refractivity contribution < 1.29 is 14.0 Å². The van der Waals surface area contributed by atoms with E-state index in [2.05, 4.69) is 5.32 Å². The number of nitrogens with one attached hydrogen (secondary N) is 1. The molecule has 0 radical (unpaired) electrons. The SMILES string of the molecule is O=C1SC(Nc2ccccc2F)C(=O)N1Cc1ccccc1. The van der Waals surface area contributed by atoms with Gasteiger partial charge in [0.15, 0.2) is 5.37 Å². The smallest absolute Gasteiger partial charge is 0.291 e. The molecule has 1 N–H and O–H groups in total. The van der Waals surface area contributed by atoms with Crippen LogP contribution in [-0.2, 0) is 11.3 Å². The van der Waals surface area contributed by atoms with Crippen molar-refractivity contribution in [2.24, 2.45) is 0 Å². The molecule has 0 aromatic heterocycles. The number of anilines is 1. The third kappa shape index (κ3) is 2.96. The van der Waals surface area contributed by atoms with Crippen molar-refractivity contribution in [1.29, 1.82) is 0 Å². The highest BCUT2D eigenvalue weighted by atomic mass is 32.2. The van der Waals surface area contributed by atoms with Crippen LogP contribution in [0.4, 0.5) is 14.9 Å². The van der Waals surface area contributed by atoms with E-state index in [1.807, 2.05) is 30.3 Å². The van der Waals surface area contributed by atoms with Gasteiger partial charge in [0.1, 0.15) is 5.82 Å². The summed E-state index contributed by atoms with van der Waals surface area (Å²) >= 11 is 0.864. The molecule has 1 fully saturated rings. The van der Waals surface area contributed by atoms with Crippen LogP contribution < -0.4 is 5.32 Å². The molecular formula is C16H13FN2O2S. The number of benzene rings is 2. The molecule has 1 saturated heterocycles. The summed E-state index contributed by atoms with van der Waals surface area (Å²) in [6.07, 6.45) is 0. The van der Waals surface area contributed by atoms with Crippen LogP contribution in [0.1, 0.15) is 5.56 Å². The number of halogens is 1. The van der Waals surface area contributed by atoms with E-state index >= 15 is 0 Å². The average molecular weight is 316 g/mol. The standard InChI is InChI=1S/C16H13FN2O2S/c17-12-8-4-5-9-13(12)18-14-15(20)19(16(21)22-14)10-11-6-2-1-3-7-11/h1-9,14,18H,10H2. The Balaban J connectivity index is 1.73. The van der Waals surface area contributed by atoms with Crippen LogP contribution >= 0.6 is 11.8 Å². The summed E-state index contributed by atoms with van der Waals surface area (Å²) in [5.41, 5.74) is 1.08. The zero-order valence-electron chi connectivity index (χ0n) is 11.5. The minimum Gasteiger partial charge on any atom is -0.363 e. The van der Waals surface area contributed by atoms with Crippen molar-refractivity contribution in [2.75, 3.05) is 5.32 Å². The van der Waals surface area contributed by atoms with Gasteiger partial charge in [-0.15, -0.1) is 0 Å². The summed E-state index contributed by atoms with van der Waals surface area (Å²) in [4.78, 5) is 25.5. The van der Waals surface area contributed by atoms with E-state index in [-0.39, 0.29) is 23.4 Å². The minimum absolute atomic E-state index is 0.211. The van der Waals surface area contributed by atoms with Crippen LogP contribution in [0, 0.1) is 5.82 Å². The Morgan fingerprint density at radius 1 is 1.05 bits per heavy atom. The van der Waals surface area contributed by atoms with Gasteiger partial charge in [-0.05, 0) is 29.5 Å².